The monoisotopic (exact) mass is 217 g/mol. The van der Waals surface area contributed by atoms with Crippen LogP contribution in [0.25, 0.3) is 0 Å². The standard InChI is InChI=1S/C11H23NO3/c1-13-9-10-15-11-14-8-7-12-5-3-2-4-6-12/h2-11H2,1H3. The van der Waals surface area contributed by atoms with E-state index < -0.39 is 0 Å². The van der Waals surface area contributed by atoms with Gasteiger partial charge in [-0.1, -0.05) is 6.42 Å². The average molecular weight is 217 g/mol. The summed E-state index contributed by atoms with van der Waals surface area (Å²) >= 11 is 0. The largest absolute Gasteiger partial charge is 0.382 e. The van der Waals surface area contributed by atoms with Gasteiger partial charge >= 0.3 is 0 Å². The summed E-state index contributed by atoms with van der Waals surface area (Å²) in [5.41, 5.74) is 0. The van der Waals surface area contributed by atoms with E-state index in [9.17, 15) is 0 Å². The third-order valence-corrected chi connectivity index (χ3v) is 2.60. The van der Waals surface area contributed by atoms with Gasteiger partial charge in [-0.05, 0) is 25.9 Å². The Morgan fingerprint density at radius 3 is 2.40 bits per heavy atom. The minimum Gasteiger partial charge on any atom is -0.382 e. The fourth-order valence-corrected chi connectivity index (χ4v) is 1.70. The molecule has 1 fully saturated rings. The number of ether oxygens (including phenoxy) is 3. The topological polar surface area (TPSA) is 30.9 Å². The SMILES string of the molecule is COCCOCOCCN1CCCCC1. The molecular formula is C11H23NO3. The van der Waals surface area contributed by atoms with Gasteiger partial charge in [0.15, 0.2) is 0 Å². The molecule has 4 nitrogen and oxygen atoms in total. The van der Waals surface area contributed by atoms with Gasteiger partial charge in [-0.25, -0.2) is 0 Å². The van der Waals surface area contributed by atoms with E-state index in [2.05, 4.69) is 4.90 Å². The van der Waals surface area contributed by atoms with Crippen LogP contribution < -0.4 is 0 Å². The number of methoxy groups -OCH3 is 1. The molecule has 0 aromatic heterocycles. The van der Waals surface area contributed by atoms with Gasteiger partial charge in [0.2, 0.25) is 0 Å². The third-order valence-electron chi connectivity index (χ3n) is 2.60. The van der Waals surface area contributed by atoms with Gasteiger partial charge in [-0.15, -0.1) is 0 Å². The smallest absolute Gasteiger partial charge is 0.146 e. The van der Waals surface area contributed by atoms with Crippen LogP contribution in [0.15, 0.2) is 0 Å². The van der Waals surface area contributed by atoms with Crippen molar-refractivity contribution in [3.05, 3.63) is 0 Å². The molecule has 0 unspecified atom stereocenters. The van der Waals surface area contributed by atoms with Gasteiger partial charge in [-0.3, -0.25) is 0 Å². The number of hydrogen-bond donors (Lipinski definition) is 0. The molecule has 1 rings (SSSR count). The summed E-state index contributed by atoms with van der Waals surface area (Å²) < 4.78 is 15.4. The predicted molar refractivity (Wildman–Crippen MR) is 58.9 cm³/mol. The Morgan fingerprint density at radius 1 is 0.933 bits per heavy atom. The second-order valence-electron chi connectivity index (χ2n) is 3.83. The van der Waals surface area contributed by atoms with Gasteiger partial charge in [0.25, 0.3) is 0 Å². The van der Waals surface area contributed by atoms with E-state index in [1.54, 1.807) is 7.11 Å². The van der Waals surface area contributed by atoms with Crippen LogP contribution in [0.4, 0.5) is 0 Å². The van der Waals surface area contributed by atoms with E-state index in [1.165, 1.54) is 32.4 Å². The molecule has 0 aromatic carbocycles. The number of piperidine rings is 1. The van der Waals surface area contributed by atoms with Crippen molar-refractivity contribution < 1.29 is 14.2 Å². The van der Waals surface area contributed by atoms with Crippen LogP contribution in [-0.4, -0.2) is 58.3 Å². The van der Waals surface area contributed by atoms with Crippen molar-refractivity contribution in [3.63, 3.8) is 0 Å². The first kappa shape index (κ1) is 12.9. The van der Waals surface area contributed by atoms with Gasteiger partial charge in [0.05, 0.1) is 19.8 Å². The molecule has 0 saturated carbocycles. The lowest BCUT2D eigenvalue weighted by atomic mass is 10.1. The van der Waals surface area contributed by atoms with Gasteiger partial charge in [0, 0.05) is 13.7 Å². The van der Waals surface area contributed by atoms with E-state index in [1.807, 2.05) is 0 Å². The lowest BCUT2D eigenvalue weighted by Crippen LogP contribution is -2.32. The summed E-state index contributed by atoms with van der Waals surface area (Å²) in [7, 11) is 1.67. The summed E-state index contributed by atoms with van der Waals surface area (Å²) in [6.07, 6.45) is 4.06. The summed E-state index contributed by atoms with van der Waals surface area (Å²) in [6, 6.07) is 0. The maximum absolute atomic E-state index is 5.36. The first-order valence-electron chi connectivity index (χ1n) is 5.80. The Morgan fingerprint density at radius 2 is 1.67 bits per heavy atom. The average Bonchev–Trinajstić information content (AvgIpc) is 2.29. The van der Waals surface area contributed by atoms with Crippen molar-refractivity contribution in [2.75, 3.05) is 53.4 Å². The van der Waals surface area contributed by atoms with E-state index in [-0.39, 0.29) is 0 Å². The highest BCUT2D eigenvalue weighted by Crippen LogP contribution is 2.07. The van der Waals surface area contributed by atoms with Gasteiger partial charge in [-0.2, -0.15) is 0 Å². The Hall–Kier alpha value is -0.160. The number of nitrogens with zero attached hydrogens (tertiary/aromatic N) is 1. The fourth-order valence-electron chi connectivity index (χ4n) is 1.70. The number of rotatable bonds is 8. The first-order valence-corrected chi connectivity index (χ1v) is 5.80. The number of likely N-dealkylation sites (tertiary alicyclic amines) is 1. The van der Waals surface area contributed by atoms with Crippen LogP contribution in [0.2, 0.25) is 0 Å². The molecule has 15 heavy (non-hydrogen) atoms. The zero-order chi connectivity index (χ0) is 10.8. The first-order chi connectivity index (χ1) is 7.43. The molecule has 0 spiro atoms. The van der Waals surface area contributed by atoms with E-state index in [4.69, 9.17) is 14.2 Å². The quantitative estimate of drug-likeness (QED) is 0.450. The molecule has 0 atom stereocenters. The van der Waals surface area contributed by atoms with Crippen LogP contribution in [0.1, 0.15) is 19.3 Å². The minimum absolute atomic E-state index is 0.386. The molecule has 0 amide bonds. The molecule has 0 aliphatic carbocycles. The molecule has 1 aliphatic rings. The lowest BCUT2D eigenvalue weighted by Gasteiger charge is -2.25. The predicted octanol–water partition coefficient (Wildman–Crippen LogP) is 1.11. The highest BCUT2D eigenvalue weighted by molar-refractivity contribution is 4.63. The molecule has 0 N–H and O–H groups in total. The summed E-state index contributed by atoms with van der Waals surface area (Å²) in [5, 5.41) is 0. The highest BCUT2D eigenvalue weighted by Gasteiger charge is 2.08. The molecule has 0 radical (unpaired) electrons. The van der Waals surface area contributed by atoms with Crippen LogP contribution >= 0.6 is 0 Å². The fraction of sp³-hybridized carbons (Fsp3) is 1.00. The maximum atomic E-state index is 5.36. The highest BCUT2D eigenvalue weighted by atomic mass is 16.7. The van der Waals surface area contributed by atoms with Crippen molar-refractivity contribution in [1.29, 1.82) is 0 Å². The Labute approximate surface area is 92.5 Å². The molecule has 4 heteroatoms. The zero-order valence-corrected chi connectivity index (χ0v) is 9.74. The Kier molecular flexibility index (Phi) is 7.83. The van der Waals surface area contributed by atoms with Gasteiger partial charge in [0.1, 0.15) is 6.79 Å². The maximum Gasteiger partial charge on any atom is 0.146 e. The molecule has 0 aromatic rings. The lowest BCUT2D eigenvalue weighted by molar-refractivity contribution is -0.0699. The zero-order valence-electron chi connectivity index (χ0n) is 9.74. The molecule has 1 heterocycles. The van der Waals surface area contributed by atoms with Crippen molar-refractivity contribution in [1.82, 2.24) is 4.90 Å². The summed E-state index contributed by atoms with van der Waals surface area (Å²) in [5.74, 6) is 0. The Bertz CT molecular complexity index is 138. The van der Waals surface area contributed by atoms with Crippen LogP contribution in [0, 0.1) is 0 Å². The van der Waals surface area contributed by atoms with E-state index >= 15 is 0 Å². The molecule has 1 aliphatic heterocycles. The summed E-state index contributed by atoms with van der Waals surface area (Å²) in [4.78, 5) is 2.46. The second-order valence-corrected chi connectivity index (χ2v) is 3.83. The second kappa shape index (κ2) is 9.09. The van der Waals surface area contributed by atoms with E-state index in [0.29, 0.717) is 20.0 Å². The van der Waals surface area contributed by atoms with Crippen molar-refractivity contribution in [3.8, 4) is 0 Å². The van der Waals surface area contributed by atoms with Crippen molar-refractivity contribution in [2.24, 2.45) is 0 Å². The minimum atomic E-state index is 0.386. The van der Waals surface area contributed by atoms with Gasteiger partial charge < -0.3 is 19.1 Å². The molecule has 1 saturated heterocycles. The molecule has 90 valence electrons. The summed E-state index contributed by atoms with van der Waals surface area (Å²) in [6.45, 7) is 5.90. The van der Waals surface area contributed by atoms with Crippen LogP contribution in [-0.2, 0) is 14.2 Å². The van der Waals surface area contributed by atoms with Crippen molar-refractivity contribution >= 4 is 0 Å². The van der Waals surface area contributed by atoms with E-state index in [0.717, 1.165) is 13.2 Å². The molecular weight excluding hydrogens is 194 g/mol. The number of hydrogen-bond acceptors (Lipinski definition) is 4. The van der Waals surface area contributed by atoms with Crippen LogP contribution in [0.5, 0.6) is 0 Å². The Balaban J connectivity index is 1.79. The normalized spacial score (nSPS) is 18.2. The molecule has 0 bridgehead atoms. The van der Waals surface area contributed by atoms with Crippen LogP contribution in [0.3, 0.4) is 0 Å². The van der Waals surface area contributed by atoms with Crippen molar-refractivity contribution in [2.45, 2.75) is 19.3 Å². The third kappa shape index (κ3) is 6.84.